The van der Waals surface area contributed by atoms with E-state index in [1.807, 2.05) is 13.8 Å². The van der Waals surface area contributed by atoms with Crippen molar-refractivity contribution in [3.63, 3.8) is 0 Å². The standard InChI is InChI=1S/C16H18F3NO2/c1-8(2)9-5-14(22-3)10(4-13(9)17)15(21)20-6-11-12(7-20)16(11,18)19/h4-5,8,11-12H,6-7H2,1-3H3. The van der Waals surface area contributed by atoms with Gasteiger partial charge in [-0.05, 0) is 23.6 Å². The maximum absolute atomic E-state index is 14.1. The molecule has 1 aromatic rings. The molecule has 1 saturated carbocycles. The van der Waals surface area contributed by atoms with Gasteiger partial charge in [-0.3, -0.25) is 4.79 Å². The summed E-state index contributed by atoms with van der Waals surface area (Å²) in [7, 11) is 1.41. The molecule has 1 aromatic carbocycles. The van der Waals surface area contributed by atoms with Crippen molar-refractivity contribution >= 4 is 5.91 Å². The van der Waals surface area contributed by atoms with E-state index in [1.165, 1.54) is 18.1 Å². The Bertz CT molecular complexity index is 616. The fourth-order valence-electron chi connectivity index (χ4n) is 3.19. The molecule has 2 aliphatic rings. The molecule has 1 aliphatic heterocycles. The molecule has 1 saturated heterocycles. The molecule has 1 aliphatic carbocycles. The van der Waals surface area contributed by atoms with Crippen LogP contribution in [0.5, 0.6) is 5.75 Å². The fraction of sp³-hybridized carbons (Fsp3) is 0.562. The number of amides is 1. The number of hydrogen-bond acceptors (Lipinski definition) is 2. The number of piperidine rings is 1. The molecule has 1 amide bonds. The zero-order valence-corrected chi connectivity index (χ0v) is 12.7. The van der Waals surface area contributed by atoms with Crippen LogP contribution < -0.4 is 4.74 Å². The molecule has 0 aromatic heterocycles. The molecular formula is C16H18F3NO2. The molecule has 0 N–H and O–H groups in total. The van der Waals surface area contributed by atoms with Crippen LogP contribution in [0.25, 0.3) is 0 Å². The van der Waals surface area contributed by atoms with E-state index in [-0.39, 0.29) is 30.3 Å². The molecule has 0 spiro atoms. The van der Waals surface area contributed by atoms with Crippen molar-refractivity contribution in [2.24, 2.45) is 11.8 Å². The summed E-state index contributed by atoms with van der Waals surface area (Å²) in [6.07, 6.45) is 0. The second-order valence-corrected chi connectivity index (χ2v) is 6.33. The van der Waals surface area contributed by atoms with Crippen LogP contribution in [0.4, 0.5) is 13.2 Å². The highest BCUT2D eigenvalue weighted by molar-refractivity contribution is 5.97. The number of nitrogens with zero attached hydrogens (tertiary/aromatic N) is 1. The topological polar surface area (TPSA) is 29.5 Å². The third-order valence-electron chi connectivity index (χ3n) is 4.66. The molecule has 2 unspecified atom stereocenters. The van der Waals surface area contributed by atoms with E-state index in [0.29, 0.717) is 5.56 Å². The number of ether oxygens (including phenoxy) is 1. The predicted molar refractivity (Wildman–Crippen MR) is 74.9 cm³/mol. The molecule has 2 atom stereocenters. The van der Waals surface area contributed by atoms with Crippen LogP contribution >= 0.6 is 0 Å². The normalized spacial score (nSPS) is 25.3. The number of rotatable bonds is 3. The van der Waals surface area contributed by atoms with E-state index >= 15 is 0 Å². The summed E-state index contributed by atoms with van der Waals surface area (Å²) in [5.41, 5.74) is 0.554. The molecule has 2 fully saturated rings. The summed E-state index contributed by atoms with van der Waals surface area (Å²) in [6, 6.07) is 2.66. The summed E-state index contributed by atoms with van der Waals surface area (Å²) in [6.45, 7) is 3.73. The Hall–Kier alpha value is -1.72. The van der Waals surface area contributed by atoms with Gasteiger partial charge in [-0.25, -0.2) is 13.2 Å². The summed E-state index contributed by atoms with van der Waals surface area (Å²) >= 11 is 0. The Morgan fingerprint density at radius 2 is 1.91 bits per heavy atom. The van der Waals surface area contributed by atoms with Crippen molar-refractivity contribution < 1.29 is 22.7 Å². The Morgan fingerprint density at radius 1 is 1.32 bits per heavy atom. The molecule has 3 nitrogen and oxygen atoms in total. The molecule has 22 heavy (non-hydrogen) atoms. The van der Waals surface area contributed by atoms with Gasteiger partial charge in [-0.1, -0.05) is 13.8 Å². The highest BCUT2D eigenvalue weighted by atomic mass is 19.3. The monoisotopic (exact) mass is 313 g/mol. The molecule has 1 heterocycles. The lowest BCUT2D eigenvalue weighted by Gasteiger charge is -2.22. The van der Waals surface area contributed by atoms with Crippen LogP contribution in [0.2, 0.25) is 0 Å². The third kappa shape index (κ3) is 2.16. The zero-order chi connectivity index (χ0) is 16.2. The SMILES string of the molecule is COc1cc(C(C)C)c(F)cc1C(=O)N1CC2C(C1)C2(F)F. The van der Waals surface area contributed by atoms with Crippen molar-refractivity contribution in [2.75, 3.05) is 20.2 Å². The van der Waals surface area contributed by atoms with Crippen LogP contribution in [-0.2, 0) is 0 Å². The van der Waals surface area contributed by atoms with E-state index in [2.05, 4.69) is 0 Å². The number of fused-ring (bicyclic) bond motifs is 1. The minimum atomic E-state index is -2.65. The van der Waals surface area contributed by atoms with Crippen LogP contribution in [0.1, 0.15) is 35.7 Å². The summed E-state index contributed by atoms with van der Waals surface area (Å²) in [5, 5.41) is 0. The summed E-state index contributed by atoms with van der Waals surface area (Å²) in [5.74, 6) is -4.83. The lowest BCUT2D eigenvalue weighted by molar-refractivity contribution is 0.0457. The number of hydrogen-bond donors (Lipinski definition) is 0. The van der Waals surface area contributed by atoms with Crippen molar-refractivity contribution in [1.82, 2.24) is 4.90 Å². The number of methoxy groups -OCH3 is 1. The summed E-state index contributed by atoms with van der Waals surface area (Å²) in [4.78, 5) is 13.8. The van der Waals surface area contributed by atoms with E-state index in [0.717, 1.165) is 6.07 Å². The number of carbonyl (C=O) groups is 1. The van der Waals surface area contributed by atoms with Crippen molar-refractivity contribution in [1.29, 1.82) is 0 Å². The van der Waals surface area contributed by atoms with Crippen molar-refractivity contribution in [2.45, 2.75) is 25.7 Å². The van der Waals surface area contributed by atoms with E-state index in [9.17, 15) is 18.0 Å². The van der Waals surface area contributed by atoms with Gasteiger partial charge in [0.2, 0.25) is 0 Å². The highest BCUT2D eigenvalue weighted by Gasteiger charge is 2.72. The Morgan fingerprint density at radius 3 is 2.41 bits per heavy atom. The van der Waals surface area contributed by atoms with Gasteiger partial charge < -0.3 is 9.64 Å². The van der Waals surface area contributed by atoms with Crippen LogP contribution in [-0.4, -0.2) is 36.9 Å². The number of likely N-dealkylation sites (tertiary alicyclic amines) is 1. The third-order valence-corrected chi connectivity index (χ3v) is 4.66. The Kier molecular flexibility index (Phi) is 3.38. The van der Waals surface area contributed by atoms with Gasteiger partial charge in [0.05, 0.1) is 24.5 Å². The molecule has 6 heteroatoms. The first-order valence-electron chi connectivity index (χ1n) is 7.31. The van der Waals surface area contributed by atoms with Gasteiger partial charge in [-0.15, -0.1) is 0 Å². The van der Waals surface area contributed by atoms with Gasteiger partial charge >= 0.3 is 0 Å². The second-order valence-electron chi connectivity index (χ2n) is 6.33. The van der Waals surface area contributed by atoms with Crippen LogP contribution in [0, 0.1) is 17.7 Å². The first-order chi connectivity index (χ1) is 10.3. The van der Waals surface area contributed by atoms with Gasteiger partial charge in [-0.2, -0.15) is 0 Å². The van der Waals surface area contributed by atoms with Crippen molar-refractivity contribution in [3.8, 4) is 5.75 Å². The maximum atomic E-state index is 14.1. The maximum Gasteiger partial charge on any atom is 0.258 e. The van der Waals surface area contributed by atoms with Gasteiger partial charge in [0, 0.05) is 13.1 Å². The Balaban J connectivity index is 1.86. The minimum absolute atomic E-state index is 0.0210. The van der Waals surface area contributed by atoms with E-state index < -0.39 is 29.5 Å². The van der Waals surface area contributed by atoms with E-state index in [1.54, 1.807) is 0 Å². The number of carbonyl (C=O) groups excluding carboxylic acids is 1. The largest absolute Gasteiger partial charge is 0.496 e. The average Bonchev–Trinajstić information content (AvgIpc) is 2.83. The van der Waals surface area contributed by atoms with E-state index in [4.69, 9.17) is 4.74 Å². The van der Waals surface area contributed by atoms with Crippen molar-refractivity contribution in [3.05, 3.63) is 29.1 Å². The van der Waals surface area contributed by atoms with Crippen LogP contribution in [0.15, 0.2) is 12.1 Å². The van der Waals surface area contributed by atoms with Gasteiger partial charge in [0.1, 0.15) is 11.6 Å². The lowest BCUT2D eigenvalue weighted by Crippen LogP contribution is -2.34. The van der Waals surface area contributed by atoms with Crippen LogP contribution in [0.3, 0.4) is 0 Å². The molecule has 0 bridgehead atoms. The van der Waals surface area contributed by atoms with Gasteiger partial charge in [0.25, 0.3) is 11.8 Å². The number of benzene rings is 1. The Labute approximate surface area is 127 Å². The molecule has 3 rings (SSSR count). The summed E-state index contributed by atoms with van der Waals surface area (Å²) < 4.78 is 45.7. The molecular weight excluding hydrogens is 295 g/mol. The minimum Gasteiger partial charge on any atom is -0.496 e. The zero-order valence-electron chi connectivity index (χ0n) is 12.7. The average molecular weight is 313 g/mol. The lowest BCUT2D eigenvalue weighted by atomic mass is 9.99. The number of halogens is 3. The first kappa shape index (κ1) is 15.2. The fourth-order valence-corrected chi connectivity index (χ4v) is 3.19. The smallest absolute Gasteiger partial charge is 0.258 e. The number of alkyl halides is 2. The molecule has 0 radical (unpaired) electrons. The quantitative estimate of drug-likeness (QED) is 0.857. The van der Waals surface area contributed by atoms with Gasteiger partial charge in [0.15, 0.2) is 0 Å². The first-order valence-corrected chi connectivity index (χ1v) is 7.31. The molecule has 120 valence electrons. The highest BCUT2D eigenvalue weighted by Crippen LogP contribution is 2.59. The predicted octanol–water partition coefficient (Wildman–Crippen LogP) is 3.29. The second kappa shape index (κ2) is 4.89.